The molecule has 1 N–H and O–H groups in total. The van der Waals surface area contributed by atoms with Gasteiger partial charge in [0.15, 0.2) is 0 Å². The monoisotopic (exact) mass is 290 g/mol. The summed E-state index contributed by atoms with van der Waals surface area (Å²) in [5.74, 6) is -0.446. The molecule has 2 aromatic carbocycles. The first-order chi connectivity index (χ1) is 10.7. The minimum Gasteiger partial charge on any atom is -0.478 e. The van der Waals surface area contributed by atoms with Crippen LogP contribution in [0.2, 0.25) is 0 Å². The summed E-state index contributed by atoms with van der Waals surface area (Å²) in [4.78, 5) is 15.7. The zero-order valence-electron chi connectivity index (χ0n) is 11.4. The first kappa shape index (κ1) is 13.6. The van der Waals surface area contributed by atoms with Gasteiger partial charge in [-0.2, -0.15) is 5.26 Å². The van der Waals surface area contributed by atoms with Crippen LogP contribution in [0.25, 0.3) is 10.9 Å². The molecule has 5 nitrogen and oxygen atoms in total. The number of hydrogen-bond acceptors (Lipinski definition) is 4. The number of fused-ring (bicyclic) bond motifs is 1. The van der Waals surface area contributed by atoms with Gasteiger partial charge in [-0.05, 0) is 24.3 Å². The zero-order chi connectivity index (χ0) is 15.5. The van der Waals surface area contributed by atoms with E-state index >= 15 is 0 Å². The molecule has 106 valence electrons. The molecule has 0 atom stereocenters. The first-order valence-electron chi connectivity index (χ1n) is 6.48. The lowest BCUT2D eigenvalue weighted by atomic mass is 10.1. The van der Waals surface area contributed by atoms with Crippen molar-refractivity contribution >= 4 is 16.9 Å². The average Bonchev–Trinajstić information content (AvgIpc) is 2.54. The van der Waals surface area contributed by atoms with E-state index in [0.29, 0.717) is 22.2 Å². The molecular weight excluding hydrogens is 280 g/mol. The summed E-state index contributed by atoms with van der Waals surface area (Å²) in [7, 11) is 0. The van der Waals surface area contributed by atoms with E-state index in [1.165, 1.54) is 6.07 Å². The van der Waals surface area contributed by atoms with Crippen molar-refractivity contribution in [2.45, 2.75) is 0 Å². The summed E-state index contributed by atoms with van der Waals surface area (Å²) in [6.07, 6.45) is 0. The number of para-hydroxylation sites is 1. The molecule has 5 heteroatoms. The van der Waals surface area contributed by atoms with Crippen molar-refractivity contribution in [1.29, 1.82) is 5.26 Å². The van der Waals surface area contributed by atoms with Gasteiger partial charge in [0.05, 0.1) is 22.7 Å². The Bertz CT molecular complexity index is 913. The molecule has 0 aliphatic heterocycles. The highest BCUT2D eigenvalue weighted by Crippen LogP contribution is 2.26. The van der Waals surface area contributed by atoms with Crippen LogP contribution in [-0.2, 0) is 0 Å². The third-order valence-corrected chi connectivity index (χ3v) is 3.11. The molecule has 1 heterocycles. The van der Waals surface area contributed by atoms with Crippen LogP contribution in [0.4, 0.5) is 0 Å². The van der Waals surface area contributed by atoms with Crippen LogP contribution >= 0.6 is 0 Å². The van der Waals surface area contributed by atoms with Gasteiger partial charge in [-0.25, -0.2) is 9.78 Å². The fourth-order valence-corrected chi connectivity index (χ4v) is 2.13. The molecule has 0 saturated heterocycles. The van der Waals surface area contributed by atoms with Gasteiger partial charge in [-0.1, -0.05) is 24.3 Å². The molecule has 0 bridgehead atoms. The number of carboxylic acids is 1. The standard InChI is InChI=1S/C17H10N2O3/c18-10-11-4-3-5-12(8-11)22-16-9-14(17(20)21)13-6-1-2-7-15(13)19-16/h1-9H,(H,20,21). The Labute approximate surface area is 126 Å². The molecule has 0 aliphatic rings. The Kier molecular flexibility index (Phi) is 3.42. The number of aromatic carboxylic acids is 1. The molecule has 0 amide bonds. The van der Waals surface area contributed by atoms with Crippen LogP contribution in [-0.4, -0.2) is 16.1 Å². The van der Waals surface area contributed by atoms with Crippen molar-refractivity contribution in [3.63, 3.8) is 0 Å². The Morgan fingerprint density at radius 2 is 1.95 bits per heavy atom. The van der Waals surface area contributed by atoms with Gasteiger partial charge in [0.2, 0.25) is 5.88 Å². The summed E-state index contributed by atoms with van der Waals surface area (Å²) in [6, 6.07) is 16.9. The second kappa shape index (κ2) is 5.54. The third kappa shape index (κ3) is 2.58. The first-order valence-corrected chi connectivity index (χ1v) is 6.48. The van der Waals surface area contributed by atoms with Gasteiger partial charge in [0.25, 0.3) is 0 Å². The largest absolute Gasteiger partial charge is 0.478 e. The molecule has 0 fully saturated rings. The van der Waals surface area contributed by atoms with Crippen molar-refractivity contribution in [3.05, 3.63) is 65.7 Å². The van der Waals surface area contributed by atoms with Crippen molar-refractivity contribution in [1.82, 2.24) is 4.98 Å². The maximum Gasteiger partial charge on any atom is 0.336 e. The molecule has 0 aliphatic carbocycles. The number of pyridine rings is 1. The maximum atomic E-state index is 11.4. The second-order valence-electron chi connectivity index (χ2n) is 4.57. The van der Waals surface area contributed by atoms with E-state index < -0.39 is 5.97 Å². The minimum atomic E-state index is -1.05. The van der Waals surface area contributed by atoms with Gasteiger partial charge in [-0.15, -0.1) is 0 Å². The number of carboxylic acid groups (broad SMARTS) is 1. The summed E-state index contributed by atoms with van der Waals surface area (Å²) >= 11 is 0. The molecule has 3 aromatic rings. The van der Waals surface area contributed by atoms with Crippen molar-refractivity contribution < 1.29 is 14.6 Å². The lowest BCUT2D eigenvalue weighted by molar-refractivity contribution is 0.0698. The molecule has 0 saturated carbocycles. The zero-order valence-corrected chi connectivity index (χ0v) is 11.4. The van der Waals surface area contributed by atoms with E-state index in [0.717, 1.165) is 0 Å². The number of benzene rings is 2. The van der Waals surface area contributed by atoms with Crippen molar-refractivity contribution in [2.24, 2.45) is 0 Å². The molecule has 1 aromatic heterocycles. The second-order valence-corrected chi connectivity index (χ2v) is 4.57. The van der Waals surface area contributed by atoms with E-state index in [9.17, 15) is 9.90 Å². The highest BCUT2D eigenvalue weighted by molar-refractivity contribution is 6.02. The van der Waals surface area contributed by atoms with E-state index in [1.807, 2.05) is 6.07 Å². The number of carbonyl (C=O) groups is 1. The summed E-state index contributed by atoms with van der Waals surface area (Å²) < 4.78 is 5.59. The molecule has 0 radical (unpaired) electrons. The molecule has 22 heavy (non-hydrogen) atoms. The van der Waals surface area contributed by atoms with Gasteiger partial charge in [0.1, 0.15) is 5.75 Å². The fourth-order valence-electron chi connectivity index (χ4n) is 2.13. The number of nitrogens with zero attached hydrogens (tertiary/aromatic N) is 2. The van der Waals surface area contributed by atoms with Crippen LogP contribution in [0.15, 0.2) is 54.6 Å². The third-order valence-electron chi connectivity index (χ3n) is 3.11. The average molecular weight is 290 g/mol. The van der Waals surface area contributed by atoms with E-state index in [2.05, 4.69) is 4.98 Å². The van der Waals surface area contributed by atoms with E-state index in [1.54, 1.807) is 48.5 Å². The van der Waals surface area contributed by atoms with Crippen LogP contribution in [0.5, 0.6) is 11.6 Å². The maximum absolute atomic E-state index is 11.4. The predicted octanol–water partition coefficient (Wildman–Crippen LogP) is 3.60. The number of hydrogen-bond donors (Lipinski definition) is 1. The van der Waals surface area contributed by atoms with Crippen LogP contribution in [0, 0.1) is 11.3 Å². The highest BCUT2D eigenvalue weighted by Gasteiger charge is 2.12. The molecular formula is C17H10N2O3. The summed E-state index contributed by atoms with van der Waals surface area (Å²) in [6.45, 7) is 0. The van der Waals surface area contributed by atoms with E-state index in [-0.39, 0.29) is 11.4 Å². The van der Waals surface area contributed by atoms with Crippen molar-refractivity contribution in [2.75, 3.05) is 0 Å². The smallest absolute Gasteiger partial charge is 0.336 e. The summed E-state index contributed by atoms with van der Waals surface area (Å²) in [5, 5.41) is 18.8. The number of aromatic nitrogens is 1. The van der Waals surface area contributed by atoms with Gasteiger partial charge in [-0.3, -0.25) is 0 Å². The molecule has 3 rings (SSSR count). The Hall–Kier alpha value is -3.39. The van der Waals surface area contributed by atoms with Crippen LogP contribution in [0.3, 0.4) is 0 Å². The molecule has 0 unspecified atom stereocenters. The Morgan fingerprint density at radius 1 is 1.14 bits per heavy atom. The number of ether oxygens (including phenoxy) is 1. The fraction of sp³-hybridized carbons (Fsp3) is 0. The van der Waals surface area contributed by atoms with E-state index in [4.69, 9.17) is 10.00 Å². The van der Waals surface area contributed by atoms with Gasteiger partial charge < -0.3 is 9.84 Å². The van der Waals surface area contributed by atoms with Gasteiger partial charge >= 0.3 is 5.97 Å². The SMILES string of the molecule is N#Cc1cccc(Oc2cc(C(=O)O)c3ccccc3n2)c1. The number of nitriles is 1. The Balaban J connectivity index is 2.07. The summed E-state index contributed by atoms with van der Waals surface area (Å²) in [5.41, 5.74) is 1.11. The number of rotatable bonds is 3. The quantitative estimate of drug-likeness (QED) is 0.796. The van der Waals surface area contributed by atoms with Crippen LogP contribution in [0.1, 0.15) is 15.9 Å². The predicted molar refractivity (Wildman–Crippen MR) is 79.9 cm³/mol. The normalized spacial score (nSPS) is 10.1. The molecule has 0 spiro atoms. The Morgan fingerprint density at radius 3 is 2.73 bits per heavy atom. The highest BCUT2D eigenvalue weighted by atomic mass is 16.5. The van der Waals surface area contributed by atoms with Crippen molar-refractivity contribution in [3.8, 4) is 17.7 Å². The van der Waals surface area contributed by atoms with Crippen LogP contribution < -0.4 is 4.74 Å². The van der Waals surface area contributed by atoms with Gasteiger partial charge in [0, 0.05) is 11.5 Å². The lowest BCUT2D eigenvalue weighted by Gasteiger charge is -2.08. The lowest BCUT2D eigenvalue weighted by Crippen LogP contribution is -2.00. The topological polar surface area (TPSA) is 83.2 Å². The minimum absolute atomic E-state index is 0.122.